The molecule has 0 aliphatic rings. The predicted molar refractivity (Wildman–Crippen MR) is 75.3 cm³/mol. The van der Waals surface area contributed by atoms with Crippen LogP contribution in [-0.2, 0) is 16.0 Å². The van der Waals surface area contributed by atoms with Gasteiger partial charge in [0.05, 0.1) is 0 Å². The van der Waals surface area contributed by atoms with Crippen LogP contribution in [0.25, 0.3) is 0 Å². The van der Waals surface area contributed by atoms with Gasteiger partial charge in [0.2, 0.25) is 11.8 Å². The van der Waals surface area contributed by atoms with Crippen LogP contribution in [0.1, 0.15) is 25.8 Å². The van der Waals surface area contributed by atoms with Crippen molar-refractivity contribution in [3.63, 3.8) is 0 Å². The largest absolute Gasteiger partial charge is 0.368 e. The fourth-order valence-electron chi connectivity index (χ4n) is 1.61. The number of benzene rings is 1. The molecule has 1 aromatic carbocycles. The molecule has 0 aliphatic carbocycles. The van der Waals surface area contributed by atoms with Crippen LogP contribution in [0, 0.1) is 0 Å². The molecule has 1 atom stereocenters. The number of allylic oxidation sites excluding steroid dienone is 1. The van der Waals surface area contributed by atoms with Gasteiger partial charge in [-0.2, -0.15) is 0 Å². The maximum Gasteiger partial charge on any atom is 0.244 e. The van der Waals surface area contributed by atoms with E-state index in [0.29, 0.717) is 0 Å². The molecule has 0 saturated carbocycles. The standard InChI is InChI=1S/C15H20N2O2/c1-11(8-9-13-6-4-3-5-7-13)10-14(18)17-12(2)15(16)19/h3-7,10,12H,8-9H2,1-2H3,(H2,16,19)(H,17,18)/b11-10-/t12-/m1/s1. The van der Waals surface area contributed by atoms with Crippen LogP contribution in [0.4, 0.5) is 0 Å². The van der Waals surface area contributed by atoms with Crippen molar-refractivity contribution < 1.29 is 9.59 Å². The molecular weight excluding hydrogens is 240 g/mol. The first kappa shape index (κ1) is 15.0. The lowest BCUT2D eigenvalue weighted by Gasteiger charge is -2.08. The minimum absolute atomic E-state index is 0.281. The molecule has 0 saturated heterocycles. The fraction of sp³-hybridized carbons (Fsp3) is 0.333. The lowest BCUT2D eigenvalue weighted by molar-refractivity contribution is -0.124. The van der Waals surface area contributed by atoms with E-state index >= 15 is 0 Å². The molecule has 0 unspecified atom stereocenters. The van der Waals surface area contributed by atoms with Crippen LogP contribution in [-0.4, -0.2) is 17.9 Å². The second kappa shape index (κ2) is 7.36. The van der Waals surface area contributed by atoms with E-state index in [1.54, 1.807) is 6.92 Å². The van der Waals surface area contributed by atoms with Crippen LogP contribution in [0.3, 0.4) is 0 Å². The first-order valence-electron chi connectivity index (χ1n) is 6.30. The van der Waals surface area contributed by atoms with Gasteiger partial charge < -0.3 is 11.1 Å². The molecule has 102 valence electrons. The monoisotopic (exact) mass is 260 g/mol. The third kappa shape index (κ3) is 5.86. The number of carbonyl (C=O) groups excluding carboxylic acids is 2. The van der Waals surface area contributed by atoms with Crippen LogP contribution < -0.4 is 11.1 Å². The second-order valence-corrected chi connectivity index (χ2v) is 4.61. The highest BCUT2D eigenvalue weighted by molar-refractivity contribution is 5.92. The molecule has 0 aromatic heterocycles. The summed E-state index contributed by atoms with van der Waals surface area (Å²) in [4.78, 5) is 22.4. The average Bonchev–Trinajstić information content (AvgIpc) is 2.37. The predicted octanol–water partition coefficient (Wildman–Crippen LogP) is 1.56. The Labute approximate surface area is 113 Å². The quantitative estimate of drug-likeness (QED) is 0.762. The van der Waals surface area contributed by atoms with E-state index in [-0.39, 0.29) is 5.91 Å². The summed E-state index contributed by atoms with van der Waals surface area (Å²) < 4.78 is 0. The molecule has 0 bridgehead atoms. The summed E-state index contributed by atoms with van der Waals surface area (Å²) in [6, 6.07) is 9.44. The van der Waals surface area contributed by atoms with Crippen molar-refractivity contribution >= 4 is 11.8 Å². The van der Waals surface area contributed by atoms with Crippen molar-refractivity contribution in [3.05, 3.63) is 47.5 Å². The summed E-state index contributed by atoms with van der Waals surface area (Å²) in [6.07, 6.45) is 3.21. The zero-order valence-corrected chi connectivity index (χ0v) is 11.3. The van der Waals surface area contributed by atoms with E-state index < -0.39 is 11.9 Å². The molecule has 0 aliphatic heterocycles. The van der Waals surface area contributed by atoms with Crippen molar-refractivity contribution in [1.29, 1.82) is 0 Å². The molecule has 4 nitrogen and oxygen atoms in total. The van der Waals surface area contributed by atoms with Crippen LogP contribution in [0.2, 0.25) is 0 Å². The van der Waals surface area contributed by atoms with Gasteiger partial charge in [-0.15, -0.1) is 0 Å². The smallest absolute Gasteiger partial charge is 0.244 e. The molecule has 4 heteroatoms. The van der Waals surface area contributed by atoms with Crippen molar-refractivity contribution in [2.75, 3.05) is 0 Å². The van der Waals surface area contributed by atoms with Gasteiger partial charge in [0.25, 0.3) is 0 Å². The van der Waals surface area contributed by atoms with Gasteiger partial charge in [-0.1, -0.05) is 35.9 Å². The van der Waals surface area contributed by atoms with Gasteiger partial charge in [-0.25, -0.2) is 0 Å². The maximum atomic E-state index is 11.6. The van der Waals surface area contributed by atoms with Crippen LogP contribution >= 0.6 is 0 Å². The van der Waals surface area contributed by atoms with E-state index in [9.17, 15) is 9.59 Å². The Morgan fingerprint density at radius 3 is 2.53 bits per heavy atom. The molecule has 1 aromatic rings. The lowest BCUT2D eigenvalue weighted by Crippen LogP contribution is -2.41. The molecule has 0 spiro atoms. The van der Waals surface area contributed by atoms with E-state index in [2.05, 4.69) is 17.4 Å². The fourth-order valence-corrected chi connectivity index (χ4v) is 1.61. The third-order valence-corrected chi connectivity index (χ3v) is 2.81. The summed E-state index contributed by atoms with van der Waals surface area (Å²) in [5, 5.41) is 2.52. The Kier molecular flexibility index (Phi) is 5.79. The summed E-state index contributed by atoms with van der Waals surface area (Å²) in [6.45, 7) is 3.46. The SMILES string of the molecule is C/C(=C/C(=O)N[C@H](C)C(N)=O)CCc1ccccc1. The molecule has 2 amide bonds. The highest BCUT2D eigenvalue weighted by atomic mass is 16.2. The molecule has 0 heterocycles. The van der Waals surface area contributed by atoms with E-state index in [1.807, 2.05) is 25.1 Å². The molecule has 3 N–H and O–H groups in total. The topological polar surface area (TPSA) is 72.2 Å². The Bertz CT molecular complexity index is 466. The van der Waals surface area contributed by atoms with E-state index in [0.717, 1.165) is 18.4 Å². The van der Waals surface area contributed by atoms with Gasteiger partial charge in [0.1, 0.15) is 6.04 Å². The number of hydrogen-bond acceptors (Lipinski definition) is 2. The van der Waals surface area contributed by atoms with Crippen molar-refractivity contribution in [2.24, 2.45) is 5.73 Å². The minimum Gasteiger partial charge on any atom is -0.368 e. The summed E-state index contributed by atoms with van der Waals surface area (Å²) in [5.74, 6) is -0.819. The van der Waals surface area contributed by atoms with Gasteiger partial charge in [0.15, 0.2) is 0 Å². The first-order chi connectivity index (χ1) is 8.99. The normalized spacial score (nSPS) is 12.8. The maximum absolute atomic E-state index is 11.6. The zero-order valence-electron chi connectivity index (χ0n) is 11.3. The van der Waals surface area contributed by atoms with Crippen molar-refractivity contribution in [3.8, 4) is 0 Å². The number of carbonyl (C=O) groups is 2. The second-order valence-electron chi connectivity index (χ2n) is 4.61. The van der Waals surface area contributed by atoms with E-state index in [1.165, 1.54) is 11.6 Å². The number of rotatable bonds is 6. The Hall–Kier alpha value is -2.10. The number of primary amides is 1. The molecule has 0 radical (unpaired) electrons. The van der Waals surface area contributed by atoms with E-state index in [4.69, 9.17) is 5.73 Å². The minimum atomic E-state index is -0.648. The van der Waals surface area contributed by atoms with Crippen LogP contribution in [0.5, 0.6) is 0 Å². The number of hydrogen-bond donors (Lipinski definition) is 2. The van der Waals surface area contributed by atoms with Crippen molar-refractivity contribution in [1.82, 2.24) is 5.32 Å². The lowest BCUT2D eigenvalue weighted by atomic mass is 10.1. The van der Waals surface area contributed by atoms with Crippen molar-refractivity contribution in [2.45, 2.75) is 32.7 Å². The molecular formula is C15H20N2O2. The zero-order chi connectivity index (χ0) is 14.3. The van der Waals surface area contributed by atoms with Gasteiger partial charge >= 0.3 is 0 Å². The van der Waals surface area contributed by atoms with Crippen LogP contribution in [0.15, 0.2) is 42.0 Å². The summed E-state index contributed by atoms with van der Waals surface area (Å²) >= 11 is 0. The first-order valence-corrected chi connectivity index (χ1v) is 6.30. The number of aryl methyl sites for hydroxylation is 1. The molecule has 19 heavy (non-hydrogen) atoms. The molecule has 1 rings (SSSR count). The average molecular weight is 260 g/mol. The summed E-state index contributed by atoms with van der Waals surface area (Å²) in [7, 11) is 0. The Morgan fingerprint density at radius 2 is 1.95 bits per heavy atom. The highest BCUT2D eigenvalue weighted by Crippen LogP contribution is 2.08. The van der Waals surface area contributed by atoms with Gasteiger partial charge in [-0.3, -0.25) is 9.59 Å². The summed E-state index contributed by atoms with van der Waals surface area (Å²) in [5.41, 5.74) is 7.28. The number of nitrogens with one attached hydrogen (secondary N) is 1. The Morgan fingerprint density at radius 1 is 1.32 bits per heavy atom. The van der Waals surface area contributed by atoms with Gasteiger partial charge in [-0.05, 0) is 32.3 Å². The number of nitrogens with two attached hydrogens (primary N) is 1. The third-order valence-electron chi connectivity index (χ3n) is 2.81. The van der Waals surface area contributed by atoms with Gasteiger partial charge in [0, 0.05) is 6.08 Å². The Balaban J connectivity index is 2.44. The number of amides is 2. The highest BCUT2D eigenvalue weighted by Gasteiger charge is 2.10. The molecule has 0 fully saturated rings.